The lowest BCUT2D eigenvalue weighted by Gasteiger charge is -2.22. The van der Waals surface area contributed by atoms with Crippen LogP contribution in [0.2, 0.25) is 0 Å². The molecular weight excluding hydrogens is 260 g/mol. The molecule has 3 aromatic rings. The molecular formula is C17H18N4. The molecule has 1 aromatic carbocycles. The van der Waals surface area contributed by atoms with Gasteiger partial charge < -0.3 is 4.98 Å². The number of hydrogen-bond acceptors (Lipinski definition) is 3. The smallest absolute Gasteiger partial charge is 0.124 e. The lowest BCUT2D eigenvalue weighted by molar-refractivity contribution is 0.241. The van der Waals surface area contributed by atoms with E-state index in [1.807, 2.05) is 24.5 Å². The molecule has 4 rings (SSSR count). The first kappa shape index (κ1) is 12.5. The van der Waals surface area contributed by atoms with Gasteiger partial charge in [0.1, 0.15) is 5.82 Å². The molecule has 0 amide bonds. The second-order valence-corrected chi connectivity index (χ2v) is 5.62. The number of H-pyrrole nitrogens is 1. The fourth-order valence-corrected chi connectivity index (χ4v) is 3.18. The van der Waals surface area contributed by atoms with Gasteiger partial charge in [0.25, 0.3) is 0 Å². The third kappa shape index (κ3) is 2.43. The molecule has 2 aromatic heterocycles. The Labute approximate surface area is 123 Å². The van der Waals surface area contributed by atoms with Crippen LogP contribution in [-0.2, 0) is 6.54 Å². The predicted octanol–water partition coefficient (Wildman–Crippen LogP) is 3.30. The van der Waals surface area contributed by atoms with Crippen molar-refractivity contribution in [3.8, 4) is 0 Å². The zero-order valence-electron chi connectivity index (χ0n) is 11.9. The van der Waals surface area contributed by atoms with E-state index in [0.717, 1.165) is 29.9 Å². The Bertz CT molecular complexity index is 702. The maximum absolute atomic E-state index is 4.78. The van der Waals surface area contributed by atoms with Gasteiger partial charge in [0.2, 0.25) is 0 Å². The highest BCUT2D eigenvalue weighted by Gasteiger charge is 2.28. The van der Waals surface area contributed by atoms with E-state index in [0.29, 0.717) is 6.04 Å². The van der Waals surface area contributed by atoms with Crippen LogP contribution in [0.3, 0.4) is 0 Å². The monoisotopic (exact) mass is 278 g/mol. The number of likely N-dealkylation sites (tertiary alicyclic amines) is 1. The van der Waals surface area contributed by atoms with Gasteiger partial charge in [0, 0.05) is 18.9 Å². The SMILES string of the molecule is c1ccc2[nH]c([C@@H]3CCCN3Cc3ccncc3)nc2c1. The van der Waals surface area contributed by atoms with E-state index >= 15 is 0 Å². The minimum Gasteiger partial charge on any atom is -0.341 e. The summed E-state index contributed by atoms with van der Waals surface area (Å²) in [7, 11) is 0. The first-order valence-electron chi connectivity index (χ1n) is 7.48. The Hall–Kier alpha value is -2.20. The molecule has 1 aliphatic rings. The Morgan fingerprint density at radius 1 is 1.14 bits per heavy atom. The van der Waals surface area contributed by atoms with Crippen molar-refractivity contribution in [2.24, 2.45) is 0 Å². The van der Waals surface area contributed by atoms with Gasteiger partial charge in [-0.25, -0.2) is 4.98 Å². The summed E-state index contributed by atoms with van der Waals surface area (Å²) in [5, 5.41) is 0. The largest absolute Gasteiger partial charge is 0.341 e. The van der Waals surface area contributed by atoms with Crippen molar-refractivity contribution in [2.75, 3.05) is 6.54 Å². The number of benzene rings is 1. The molecule has 1 fully saturated rings. The lowest BCUT2D eigenvalue weighted by atomic mass is 10.2. The number of pyridine rings is 1. The summed E-state index contributed by atoms with van der Waals surface area (Å²) in [6, 6.07) is 12.8. The van der Waals surface area contributed by atoms with Crippen LogP contribution in [0, 0.1) is 0 Å². The van der Waals surface area contributed by atoms with E-state index in [1.54, 1.807) is 0 Å². The average molecular weight is 278 g/mol. The number of fused-ring (bicyclic) bond motifs is 1. The number of imidazole rings is 1. The van der Waals surface area contributed by atoms with E-state index in [-0.39, 0.29) is 0 Å². The molecule has 4 nitrogen and oxygen atoms in total. The molecule has 0 aliphatic carbocycles. The van der Waals surface area contributed by atoms with Crippen molar-refractivity contribution in [3.63, 3.8) is 0 Å². The number of aromatic nitrogens is 3. The molecule has 0 saturated carbocycles. The van der Waals surface area contributed by atoms with Crippen molar-refractivity contribution in [3.05, 3.63) is 60.2 Å². The van der Waals surface area contributed by atoms with Gasteiger partial charge in [-0.05, 0) is 49.2 Å². The van der Waals surface area contributed by atoms with Crippen LogP contribution in [-0.4, -0.2) is 26.4 Å². The summed E-state index contributed by atoms with van der Waals surface area (Å²) in [5.41, 5.74) is 3.50. The molecule has 3 heterocycles. The highest BCUT2D eigenvalue weighted by molar-refractivity contribution is 5.74. The fourth-order valence-electron chi connectivity index (χ4n) is 3.18. The second kappa shape index (κ2) is 5.30. The number of rotatable bonds is 3. The van der Waals surface area contributed by atoms with Crippen molar-refractivity contribution < 1.29 is 0 Å². The number of hydrogen-bond donors (Lipinski definition) is 1. The number of nitrogens with zero attached hydrogens (tertiary/aromatic N) is 3. The Morgan fingerprint density at radius 2 is 2.00 bits per heavy atom. The molecule has 0 radical (unpaired) electrons. The van der Waals surface area contributed by atoms with E-state index in [4.69, 9.17) is 4.98 Å². The highest BCUT2D eigenvalue weighted by atomic mass is 15.2. The van der Waals surface area contributed by atoms with Crippen molar-refractivity contribution >= 4 is 11.0 Å². The molecule has 0 spiro atoms. The van der Waals surface area contributed by atoms with Gasteiger partial charge in [-0.3, -0.25) is 9.88 Å². The van der Waals surface area contributed by atoms with Crippen LogP contribution in [0.25, 0.3) is 11.0 Å². The summed E-state index contributed by atoms with van der Waals surface area (Å²) in [6.07, 6.45) is 6.13. The standard InChI is InChI=1S/C17H18N4/c1-2-5-15-14(4-1)19-17(20-15)16-6-3-11-21(16)12-13-7-9-18-10-8-13/h1-2,4-5,7-10,16H,3,6,11-12H2,(H,19,20)/t16-/m0/s1. The van der Waals surface area contributed by atoms with E-state index < -0.39 is 0 Å². The van der Waals surface area contributed by atoms with Crippen LogP contribution in [0.4, 0.5) is 0 Å². The van der Waals surface area contributed by atoms with Gasteiger partial charge >= 0.3 is 0 Å². The fraction of sp³-hybridized carbons (Fsp3) is 0.294. The zero-order chi connectivity index (χ0) is 14.1. The molecule has 21 heavy (non-hydrogen) atoms. The molecule has 1 N–H and O–H groups in total. The van der Waals surface area contributed by atoms with Crippen molar-refractivity contribution in [1.29, 1.82) is 0 Å². The Balaban J connectivity index is 1.61. The van der Waals surface area contributed by atoms with Gasteiger partial charge in [-0.15, -0.1) is 0 Å². The van der Waals surface area contributed by atoms with Crippen molar-refractivity contribution in [1.82, 2.24) is 19.9 Å². The molecule has 4 heteroatoms. The summed E-state index contributed by atoms with van der Waals surface area (Å²) in [5.74, 6) is 1.10. The Morgan fingerprint density at radius 3 is 2.86 bits per heavy atom. The van der Waals surface area contributed by atoms with Crippen LogP contribution in [0.5, 0.6) is 0 Å². The molecule has 0 bridgehead atoms. The second-order valence-electron chi connectivity index (χ2n) is 5.62. The number of aromatic amines is 1. The summed E-state index contributed by atoms with van der Waals surface area (Å²) >= 11 is 0. The maximum atomic E-state index is 4.78. The van der Waals surface area contributed by atoms with Crippen LogP contribution in [0.15, 0.2) is 48.8 Å². The summed E-state index contributed by atoms with van der Waals surface area (Å²) in [6.45, 7) is 2.09. The lowest BCUT2D eigenvalue weighted by Crippen LogP contribution is -2.23. The first-order chi connectivity index (χ1) is 10.4. The quantitative estimate of drug-likeness (QED) is 0.799. The minimum absolute atomic E-state index is 0.394. The van der Waals surface area contributed by atoms with Crippen LogP contribution < -0.4 is 0 Å². The van der Waals surface area contributed by atoms with E-state index in [9.17, 15) is 0 Å². The van der Waals surface area contributed by atoms with Gasteiger partial charge in [0.05, 0.1) is 17.1 Å². The first-order valence-corrected chi connectivity index (χ1v) is 7.48. The van der Waals surface area contributed by atoms with Gasteiger partial charge in [-0.1, -0.05) is 12.1 Å². The van der Waals surface area contributed by atoms with E-state index in [2.05, 4.69) is 39.1 Å². The average Bonchev–Trinajstić information content (AvgIpc) is 3.14. The van der Waals surface area contributed by atoms with Crippen LogP contribution in [0.1, 0.15) is 30.3 Å². The summed E-state index contributed by atoms with van der Waals surface area (Å²) in [4.78, 5) is 14.9. The summed E-state index contributed by atoms with van der Waals surface area (Å²) < 4.78 is 0. The predicted molar refractivity (Wildman–Crippen MR) is 82.7 cm³/mol. The molecule has 1 atom stereocenters. The number of nitrogens with one attached hydrogen (secondary N) is 1. The van der Waals surface area contributed by atoms with Crippen molar-refractivity contribution in [2.45, 2.75) is 25.4 Å². The maximum Gasteiger partial charge on any atom is 0.124 e. The molecule has 0 unspecified atom stereocenters. The third-order valence-electron chi connectivity index (χ3n) is 4.22. The van der Waals surface area contributed by atoms with Crippen LogP contribution >= 0.6 is 0 Å². The van der Waals surface area contributed by atoms with Gasteiger partial charge in [-0.2, -0.15) is 0 Å². The normalized spacial score (nSPS) is 19.3. The van der Waals surface area contributed by atoms with E-state index in [1.165, 1.54) is 18.4 Å². The molecule has 1 aliphatic heterocycles. The third-order valence-corrected chi connectivity index (χ3v) is 4.22. The van der Waals surface area contributed by atoms with Gasteiger partial charge in [0.15, 0.2) is 0 Å². The molecule has 1 saturated heterocycles. The topological polar surface area (TPSA) is 44.8 Å². The minimum atomic E-state index is 0.394. The Kier molecular flexibility index (Phi) is 3.16. The number of para-hydroxylation sites is 2. The highest BCUT2D eigenvalue weighted by Crippen LogP contribution is 2.32. The molecule has 106 valence electrons. The zero-order valence-corrected chi connectivity index (χ0v) is 11.9.